The van der Waals surface area contributed by atoms with Gasteiger partial charge in [-0.2, -0.15) is 0 Å². The van der Waals surface area contributed by atoms with Crippen molar-refractivity contribution in [2.75, 3.05) is 20.8 Å². The Morgan fingerprint density at radius 1 is 0.922 bits per heavy atom. The molecule has 64 heavy (non-hydrogen) atoms. The Morgan fingerprint density at radius 2 is 1.56 bits per heavy atom. The predicted octanol–water partition coefficient (Wildman–Crippen LogP) is 3.70. The van der Waals surface area contributed by atoms with Crippen LogP contribution in [0.2, 0.25) is 0 Å². The predicted molar refractivity (Wildman–Crippen MR) is 238 cm³/mol. The van der Waals surface area contributed by atoms with E-state index < -0.39 is 120 Å². The van der Waals surface area contributed by atoms with Gasteiger partial charge in [-0.1, -0.05) is 58.0 Å². The van der Waals surface area contributed by atoms with Crippen LogP contribution in [-0.2, 0) is 49.3 Å². The van der Waals surface area contributed by atoms with Gasteiger partial charge < -0.3 is 64.0 Å². The Morgan fingerprint density at radius 3 is 2.16 bits per heavy atom. The van der Waals surface area contributed by atoms with Crippen molar-refractivity contribution < 1.29 is 68.3 Å². The van der Waals surface area contributed by atoms with Crippen molar-refractivity contribution in [1.29, 1.82) is 0 Å². The Labute approximate surface area is 381 Å². The van der Waals surface area contributed by atoms with Gasteiger partial charge in [-0.05, 0) is 93.2 Å². The maximum absolute atomic E-state index is 14.5. The third kappa shape index (κ3) is 12.8. The number of benzene rings is 1. The minimum absolute atomic E-state index is 0.0428. The van der Waals surface area contributed by atoms with Crippen molar-refractivity contribution >= 4 is 11.9 Å². The number of rotatable bonds is 13. The molecule has 3 fully saturated rings. The Hall–Kier alpha value is -2.32. The summed E-state index contributed by atoms with van der Waals surface area (Å²) in [5, 5.41) is 63.0. The lowest BCUT2D eigenvalue weighted by molar-refractivity contribution is -0.319. The number of carbonyl (C=O) groups excluding carboxylic acids is 2. The molecule has 3 heterocycles. The Balaban J connectivity index is 1.82. The van der Waals surface area contributed by atoms with Gasteiger partial charge in [0.2, 0.25) is 5.91 Å². The normalized spacial score (nSPS) is 43.1. The average molecular weight is 911 g/mol. The summed E-state index contributed by atoms with van der Waals surface area (Å²) in [6.07, 6.45) is -10.7. The van der Waals surface area contributed by atoms with Crippen molar-refractivity contribution in [2.45, 2.75) is 212 Å². The zero-order chi connectivity index (χ0) is 48.1. The Bertz CT molecular complexity index is 1620. The van der Waals surface area contributed by atoms with Crippen LogP contribution in [0.3, 0.4) is 0 Å². The summed E-state index contributed by atoms with van der Waals surface area (Å²) in [6.45, 7) is 20.9. The zero-order valence-corrected chi connectivity index (χ0v) is 40.8. The topological polar surface area (TPSA) is 215 Å². The molecule has 3 saturated heterocycles. The number of nitrogens with one attached hydrogen (secondary N) is 1. The second-order valence-electron chi connectivity index (χ2n) is 20.0. The molecule has 16 nitrogen and oxygen atoms in total. The number of aliphatic hydroxyl groups excluding tert-OH is 3. The molecule has 1 amide bonds. The molecule has 4 rings (SSSR count). The lowest BCUT2D eigenvalue weighted by Gasteiger charge is -2.50. The van der Waals surface area contributed by atoms with E-state index in [0.29, 0.717) is 6.42 Å². The van der Waals surface area contributed by atoms with E-state index in [1.165, 1.54) is 14.0 Å². The third-order valence-corrected chi connectivity index (χ3v) is 14.4. The smallest absolute Gasteiger partial charge is 0.311 e. The number of nitrogens with zero attached hydrogens (tertiary/aromatic N) is 1. The number of cyclic esters (lactones) is 1. The van der Waals surface area contributed by atoms with Crippen LogP contribution in [0.4, 0.5) is 0 Å². The van der Waals surface area contributed by atoms with Gasteiger partial charge in [-0.25, -0.2) is 0 Å². The van der Waals surface area contributed by atoms with Crippen molar-refractivity contribution in [1.82, 2.24) is 10.2 Å². The monoisotopic (exact) mass is 911 g/mol. The first kappa shape index (κ1) is 54.3. The van der Waals surface area contributed by atoms with Crippen LogP contribution in [0, 0.1) is 23.7 Å². The molecule has 0 saturated carbocycles. The van der Waals surface area contributed by atoms with E-state index in [1.807, 2.05) is 65.1 Å². The fourth-order valence-corrected chi connectivity index (χ4v) is 10.2. The second kappa shape index (κ2) is 22.7. The van der Waals surface area contributed by atoms with Crippen LogP contribution in [0.5, 0.6) is 0 Å². The van der Waals surface area contributed by atoms with Crippen LogP contribution >= 0.6 is 0 Å². The molecule has 0 aliphatic carbocycles. The van der Waals surface area contributed by atoms with Crippen molar-refractivity contribution in [3.05, 3.63) is 35.9 Å². The number of amides is 1. The third-order valence-electron chi connectivity index (χ3n) is 14.4. The van der Waals surface area contributed by atoms with Gasteiger partial charge in [0, 0.05) is 44.0 Å². The first-order valence-electron chi connectivity index (χ1n) is 23.3. The van der Waals surface area contributed by atoms with Crippen LogP contribution in [0.15, 0.2) is 30.3 Å². The summed E-state index contributed by atoms with van der Waals surface area (Å²) in [4.78, 5) is 29.8. The highest BCUT2D eigenvalue weighted by Crippen LogP contribution is 2.42. The number of hydrogen-bond donors (Lipinski definition) is 6. The highest BCUT2D eigenvalue weighted by molar-refractivity contribution is 5.77. The highest BCUT2D eigenvalue weighted by Gasteiger charge is 2.54. The van der Waals surface area contributed by atoms with Gasteiger partial charge in [0.05, 0.1) is 53.7 Å². The summed E-state index contributed by atoms with van der Waals surface area (Å²) >= 11 is 0. The second-order valence-corrected chi connectivity index (χ2v) is 20.0. The van der Waals surface area contributed by atoms with E-state index in [4.69, 9.17) is 33.2 Å². The van der Waals surface area contributed by atoms with Crippen LogP contribution in [0.25, 0.3) is 0 Å². The fourth-order valence-electron chi connectivity index (χ4n) is 10.2. The zero-order valence-electron chi connectivity index (χ0n) is 40.8. The molecule has 3 aliphatic heterocycles. The van der Waals surface area contributed by atoms with E-state index in [9.17, 15) is 35.1 Å². The SMILES string of the molecule is CC[C@H]1OC(=O)[C@H](C)[C@@H](O[C@H]2C[C@@](C)(OC)[C@@H](O)[C@H](C)O2)[C@H](C)[C@@H](O[C@@H]2O[C@H](C)C[C@H](N(C)C(C)C)[C@H]2O)[C@](C)(O)C[C@@H](C)[C@H](OCC(=O)NCc2ccccc2)[C@H](C)[C@@H](O)[C@]1(C)O. The lowest BCUT2D eigenvalue weighted by atomic mass is 9.73. The Kier molecular flexibility index (Phi) is 19.2. The number of hydrogen-bond acceptors (Lipinski definition) is 15. The molecule has 16 heteroatoms. The summed E-state index contributed by atoms with van der Waals surface area (Å²) < 4.78 is 44.4. The number of aliphatic hydroxyl groups is 5. The first-order chi connectivity index (χ1) is 29.8. The van der Waals surface area contributed by atoms with Gasteiger partial charge in [-0.3, -0.25) is 14.5 Å². The van der Waals surface area contributed by atoms with Gasteiger partial charge in [0.15, 0.2) is 12.6 Å². The minimum Gasteiger partial charge on any atom is -0.459 e. The number of likely N-dealkylation sites (N-methyl/N-ethyl adjacent to an activating group) is 1. The maximum Gasteiger partial charge on any atom is 0.311 e. The van der Waals surface area contributed by atoms with Gasteiger partial charge in [-0.15, -0.1) is 0 Å². The van der Waals surface area contributed by atoms with Gasteiger partial charge in [0.1, 0.15) is 30.5 Å². The molecule has 6 N–H and O–H groups in total. The summed E-state index contributed by atoms with van der Waals surface area (Å²) in [7, 11) is 3.42. The average Bonchev–Trinajstić information content (AvgIpc) is 3.24. The molecular weight excluding hydrogens is 829 g/mol. The van der Waals surface area contributed by atoms with Gasteiger partial charge in [0.25, 0.3) is 0 Å². The molecule has 0 spiro atoms. The van der Waals surface area contributed by atoms with E-state index >= 15 is 0 Å². The number of carbonyl (C=O) groups is 2. The number of esters is 1. The van der Waals surface area contributed by atoms with Crippen LogP contribution in [-0.4, -0.2) is 159 Å². The molecule has 3 aliphatic rings. The van der Waals surface area contributed by atoms with E-state index in [0.717, 1.165) is 5.56 Å². The van der Waals surface area contributed by atoms with E-state index in [-0.39, 0.29) is 44.0 Å². The lowest BCUT2D eigenvalue weighted by Crippen LogP contribution is -2.62. The van der Waals surface area contributed by atoms with Gasteiger partial charge >= 0.3 is 5.97 Å². The molecule has 1 aromatic carbocycles. The quantitative estimate of drug-likeness (QED) is 0.156. The largest absolute Gasteiger partial charge is 0.459 e. The van der Waals surface area contributed by atoms with E-state index in [2.05, 4.69) is 10.2 Å². The first-order valence-corrected chi connectivity index (χ1v) is 23.3. The molecule has 0 unspecified atom stereocenters. The summed E-state index contributed by atoms with van der Waals surface area (Å²) in [5.74, 6) is -4.59. The van der Waals surface area contributed by atoms with Crippen LogP contribution in [0.1, 0.15) is 114 Å². The number of methoxy groups -OCH3 is 1. The number of ether oxygens (including phenoxy) is 7. The molecule has 0 radical (unpaired) electrons. The summed E-state index contributed by atoms with van der Waals surface area (Å²) in [5.41, 5.74) is -3.98. The summed E-state index contributed by atoms with van der Waals surface area (Å²) in [6, 6.07) is 9.15. The van der Waals surface area contributed by atoms with Crippen molar-refractivity contribution in [3.63, 3.8) is 0 Å². The molecule has 19 atom stereocenters. The van der Waals surface area contributed by atoms with Crippen molar-refractivity contribution in [2.24, 2.45) is 23.7 Å². The molecular formula is C48H82N2O14. The molecule has 368 valence electrons. The standard InChI is InChI=1S/C48H82N2O14/c1-15-35-48(12,57)41(53)29(6)39(59-25-36(51)49-24-33-19-17-16-18-20-33)27(4)22-46(10,56)43(64-45-38(52)34(21-28(5)60-45)50(13)26(2)3)30(7)40(31(8)44(55)62-35)63-37-23-47(11,58-14)42(54)32(9)61-37/h16-20,26-32,34-35,37-43,45,52-54,56-57H,15,21-25H2,1-14H3,(H,49,51)/t27-,28-,29+,30+,31-,32+,34+,35-,37+,38-,39+,40+,41-,42+,43-,45+,46-,47-,48-/m1/s1. The minimum atomic E-state index is -2.00. The molecule has 1 aromatic rings. The maximum atomic E-state index is 14.5. The molecule has 0 aromatic heterocycles. The highest BCUT2D eigenvalue weighted by atomic mass is 16.7. The molecule has 0 bridgehead atoms. The van der Waals surface area contributed by atoms with Crippen LogP contribution < -0.4 is 5.32 Å². The van der Waals surface area contributed by atoms with Crippen molar-refractivity contribution in [3.8, 4) is 0 Å². The van der Waals surface area contributed by atoms with E-state index in [1.54, 1.807) is 48.5 Å². The fraction of sp³-hybridized carbons (Fsp3) is 0.833.